The minimum absolute atomic E-state index is 0.151. The number of anilines is 1. The number of nitrogens with zero attached hydrogens (tertiary/aromatic N) is 3. The molecule has 6 nitrogen and oxygen atoms in total. The van der Waals surface area contributed by atoms with E-state index in [1.165, 1.54) is 0 Å². The number of hydrogen-bond donors (Lipinski definition) is 1. The fraction of sp³-hybridized carbons (Fsp3) is 0.667. The molecule has 0 amide bonds. The summed E-state index contributed by atoms with van der Waals surface area (Å²) in [5.74, 6) is 1.13. The van der Waals surface area contributed by atoms with Crippen LogP contribution in [0.1, 0.15) is 6.92 Å². The van der Waals surface area contributed by atoms with Crippen molar-refractivity contribution in [3.05, 3.63) is 12.3 Å². The second-order valence-corrected chi connectivity index (χ2v) is 4.53. The summed E-state index contributed by atoms with van der Waals surface area (Å²) in [5, 5.41) is 3.25. The van der Waals surface area contributed by atoms with Crippen molar-refractivity contribution >= 4 is 5.95 Å². The number of hydrogen-bond acceptors (Lipinski definition) is 6. The molecular weight excluding hydrogens is 232 g/mol. The maximum atomic E-state index is 5.75. The smallest absolute Gasteiger partial charge is 0.226 e. The van der Waals surface area contributed by atoms with Crippen LogP contribution in [0.5, 0.6) is 5.88 Å². The topological polar surface area (TPSA) is 59.5 Å². The third-order valence-electron chi connectivity index (χ3n) is 3.05. The van der Waals surface area contributed by atoms with Gasteiger partial charge in [-0.25, -0.2) is 4.98 Å². The van der Waals surface area contributed by atoms with Gasteiger partial charge < -0.3 is 19.7 Å². The first-order valence-electron chi connectivity index (χ1n) is 6.13. The summed E-state index contributed by atoms with van der Waals surface area (Å²) in [5.41, 5.74) is 0. The Labute approximate surface area is 107 Å². The van der Waals surface area contributed by atoms with E-state index in [1.807, 2.05) is 0 Å². The SMILES string of the molecule is COc1ccnc(NC(C)C2CN(C)CCO2)n1. The Morgan fingerprint density at radius 1 is 1.61 bits per heavy atom. The third kappa shape index (κ3) is 3.30. The zero-order chi connectivity index (χ0) is 13.0. The van der Waals surface area contributed by atoms with Gasteiger partial charge in [-0.15, -0.1) is 0 Å². The number of methoxy groups -OCH3 is 1. The summed E-state index contributed by atoms with van der Waals surface area (Å²) < 4.78 is 10.8. The van der Waals surface area contributed by atoms with Crippen molar-refractivity contribution in [2.24, 2.45) is 0 Å². The first-order valence-corrected chi connectivity index (χ1v) is 6.13. The zero-order valence-corrected chi connectivity index (χ0v) is 11.1. The van der Waals surface area contributed by atoms with E-state index in [0.717, 1.165) is 19.7 Å². The summed E-state index contributed by atoms with van der Waals surface area (Å²) in [6.07, 6.45) is 1.83. The number of ether oxygens (including phenoxy) is 2. The molecule has 0 aliphatic carbocycles. The lowest BCUT2D eigenvalue weighted by Gasteiger charge is -2.33. The van der Waals surface area contributed by atoms with E-state index < -0.39 is 0 Å². The molecule has 2 heterocycles. The molecule has 2 rings (SSSR count). The van der Waals surface area contributed by atoms with Crippen LogP contribution >= 0.6 is 0 Å². The number of nitrogens with one attached hydrogen (secondary N) is 1. The summed E-state index contributed by atoms with van der Waals surface area (Å²) >= 11 is 0. The molecule has 1 saturated heterocycles. The van der Waals surface area contributed by atoms with Crippen molar-refractivity contribution < 1.29 is 9.47 Å². The van der Waals surface area contributed by atoms with Crippen LogP contribution in [-0.2, 0) is 4.74 Å². The molecule has 2 unspecified atom stereocenters. The van der Waals surface area contributed by atoms with Crippen molar-refractivity contribution in [2.45, 2.75) is 19.1 Å². The van der Waals surface area contributed by atoms with Gasteiger partial charge in [0.15, 0.2) is 0 Å². The monoisotopic (exact) mass is 252 g/mol. The highest BCUT2D eigenvalue weighted by atomic mass is 16.5. The Bertz CT molecular complexity index is 388. The Balaban J connectivity index is 1.95. The van der Waals surface area contributed by atoms with Crippen molar-refractivity contribution in [1.82, 2.24) is 14.9 Å². The molecule has 0 aromatic carbocycles. The molecule has 0 radical (unpaired) electrons. The lowest BCUT2D eigenvalue weighted by Crippen LogP contribution is -2.47. The number of morpholine rings is 1. The van der Waals surface area contributed by atoms with Crippen molar-refractivity contribution in [1.29, 1.82) is 0 Å². The van der Waals surface area contributed by atoms with Gasteiger partial charge in [-0.05, 0) is 14.0 Å². The minimum atomic E-state index is 0.151. The maximum Gasteiger partial charge on any atom is 0.226 e. The highest BCUT2D eigenvalue weighted by molar-refractivity contribution is 5.29. The quantitative estimate of drug-likeness (QED) is 0.847. The van der Waals surface area contributed by atoms with Crippen molar-refractivity contribution in [3.63, 3.8) is 0 Å². The zero-order valence-electron chi connectivity index (χ0n) is 11.1. The molecule has 1 aliphatic heterocycles. The van der Waals surface area contributed by atoms with E-state index >= 15 is 0 Å². The standard InChI is InChI=1S/C12H20N4O2/c1-9(10-8-16(2)6-7-18-10)14-12-13-5-4-11(15-12)17-3/h4-5,9-10H,6-8H2,1-3H3,(H,13,14,15). The molecule has 1 aromatic rings. The predicted octanol–water partition coefficient (Wildman–Crippen LogP) is 0.616. The number of aromatic nitrogens is 2. The van der Waals surface area contributed by atoms with Gasteiger partial charge in [-0.3, -0.25) is 0 Å². The van der Waals surface area contributed by atoms with Crippen LogP contribution in [0.2, 0.25) is 0 Å². The first kappa shape index (κ1) is 13.0. The maximum absolute atomic E-state index is 5.75. The van der Waals surface area contributed by atoms with Gasteiger partial charge in [0.1, 0.15) is 0 Å². The second kappa shape index (κ2) is 5.97. The highest BCUT2D eigenvalue weighted by Crippen LogP contribution is 2.13. The highest BCUT2D eigenvalue weighted by Gasteiger charge is 2.24. The van der Waals surface area contributed by atoms with E-state index in [1.54, 1.807) is 19.4 Å². The van der Waals surface area contributed by atoms with Gasteiger partial charge in [0.2, 0.25) is 11.8 Å². The van der Waals surface area contributed by atoms with Crippen LogP contribution in [-0.4, -0.2) is 60.9 Å². The molecule has 0 saturated carbocycles. The Morgan fingerprint density at radius 3 is 3.17 bits per heavy atom. The van der Waals surface area contributed by atoms with Crippen LogP contribution in [0.15, 0.2) is 12.3 Å². The van der Waals surface area contributed by atoms with Crippen LogP contribution in [0.3, 0.4) is 0 Å². The average molecular weight is 252 g/mol. The second-order valence-electron chi connectivity index (χ2n) is 4.53. The lowest BCUT2D eigenvalue weighted by atomic mass is 10.1. The molecule has 6 heteroatoms. The van der Waals surface area contributed by atoms with E-state index in [2.05, 4.69) is 34.2 Å². The molecule has 100 valence electrons. The van der Waals surface area contributed by atoms with E-state index in [9.17, 15) is 0 Å². The molecule has 1 aliphatic rings. The Morgan fingerprint density at radius 2 is 2.44 bits per heavy atom. The van der Waals surface area contributed by atoms with Gasteiger partial charge in [-0.1, -0.05) is 0 Å². The van der Waals surface area contributed by atoms with E-state index in [4.69, 9.17) is 9.47 Å². The molecule has 1 fully saturated rings. The first-order chi connectivity index (χ1) is 8.69. The van der Waals surface area contributed by atoms with Crippen molar-refractivity contribution in [3.8, 4) is 5.88 Å². The predicted molar refractivity (Wildman–Crippen MR) is 68.9 cm³/mol. The molecule has 2 atom stereocenters. The average Bonchev–Trinajstić information content (AvgIpc) is 2.39. The fourth-order valence-corrected chi connectivity index (χ4v) is 1.94. The Hall–Kier alpha value is -1.40. The summed E-state index contributed by atoms with van der Waals surface area (Å²) in [4.78, 5) is 10.7. The van der Waals surface area contributed by atoms with Crippen molar-refractivity contribution in [2.75, 3.05) is 39.2 Å². The molecule has 0 bridgehead atoms. The molecule has 1 N–H and O–H groups in total. The summed E-state index contributed by atoms with van der Waals surface area (Å²) in [6.45, 7) is 4.75. The summed E-state index contributed by atoms with van der Waals surface area (Å²) in [6, 6.07) is 1.88. The van der Waals surface area contributed by atoms with Gasteiger partial charge >= 0.3 is 0 Å². The number of rotatable bonds is 4. The van der Waals surface area contributed by atoms with Gasteiger partial charge in [-0.2, -0.15) is 4.98 Å². The van der Waals surface area contributed by atoms with E-state index in [0.29, 0.717) is 11.8 Å². The molecular formula is C12H20N4O2. The van der Waals surface area contributed by atoms with Gasteiger partial charge in [0.05, 0.1) is 25.9 Å². The molecule has 0 spiro atoms. The molecule has 18 heavy (non-hydrogen) atoms. The lowest BCUT2D eigenvalue weighted by molar-refractivity contribution is -0.0260. The van der Waals surface area contributed by atoms with Crippen LogP contribution < -0.4 is 10.1 Å². The van der Waals surface area contributed by atoms with Crippen LogP contribution in [0.4, 0.5) is 5.95 Å². The van der Waals surface area contributed by atoms with Crippen LogP contribution in [0, 0.1) is 0 Å². The van der Waals surface area contributed by atoms with E-state index in [-0.39, 0.29) is 12.1 Å². The number of likely N-dealkylation sites (N-methyl/N-ethyl adjacent to an activating group) is 1. The Kier molecular flexibility index (Phi) is 4.33. The fourth-order valence-electron chi connectivity index (χ4n) is 1.94. The molecule has 1 aromatic heterocycles. The van der Waals surface area contributed by atoms with Gasteiger partial charge in [0.25, 0.3) is 0 Å². The normalized spacial score (nSPS) is 22.5. The summed E-state index contributed by atoms with van der Waals surface area (Å²) in [7, 11) is 3.69. The minimum Gasteiger partial charge on any atom is -0.481 e. The van der Waals surface area contributed by atoms with Gasteiger partial charge in [0, 0.05) is 25.4 Å². The largest absolute Gasteiger partial charge is 0.481 e. The third-order valence-corrected chi connectivity index (χ3v) is 3.05. The van der Waals surface area contributed by atoms with Crippen LogP contribution in [0.25, 0.3) is 0 Å².